The van der Waals surface area contributed by atoms with E-state index in [2.05, 4.69) is 22.9 Å². The van der Waals surface area contributed by atoms with Crippen molar-refractivity contribution in [1.82, 2.24) is 31.2 Å². The number of rotatable bonds is 23. The van der Waals surface area contributed by atoms with Crippen molar-refractivity contribution in [2.24, 2.45) is 0 Å². The SMILES string of the molecule is CCCCCCCOC(=O)[C@H](O)CN(Cc1ccc(-c2cccc(Cl)c2)cc1)NC(=O)c1cc(=O)[nH]o1.CCOC(=O)[C@H](O)CN(Cc1ccc(-c2cccc(Cl)c2)cc1)NC(=O)c1cc(=O)[nH]o1. The van der Waals surface area contributed by atoms with Crippen LogP contribution in [0.4, 0.5) is 0 Å². The molecule has 6 aromatic rings. The number of H-pyrrole nitrogens is 2. The molecule has 4 aromatic carbocycles. The van der Waals surface area contributed by atoms with E-state index in [-0.39, 0.29) is 50.9 Å². The van der Waals surface area contributed by atoms with Crippen LogP contribution in [0.3, 0.4) is 0 Å². The summed E-state index contributed by atoms with van der Waals surface area (Å²) in [5, 5.41) is 28.7. The maximum absolute atomic E-state index is 12.6. The molecule has 0 unspecified atom stereocenters. The third-order valence-electron chi connectivity index (χ3n) is 10.1. The van der Waals surface area contributed by atoms with E-state index in [4.69, 9.17) is 41.7 Å². The topological polar surface area (TPSA) is 250 Å². The van der Waals surface area contributed by atoms with E-state index in [1.165, 1.54) is 10.0 Å². The van der Waals surface area contributed by atoms with Gasteiger partial charge in [0, 0.05) is 23.1 Å². The van der Waals surface area contributed by atoms with Gasteiger partial charge in [0.1, 0.15) is 0 Å². The lowest BCUT2D eigenvalue weighted by atomic mass is 10.0. The van der Waals surface area contributed by atoms with E-state index < -0.39 is 47.1 Å². The van der Waals surface area contributed by atoms with Crippen LogP contribution >= 0.6 is 23.2 Å². The molecule has 0 saturated carbocycles. The molecule has 2 atom stereocenters. The number of carbonyl (C=O) groups is 4. The van der Waals surface area contributed by atoms with E-state index in [9.17, 15) is 39.0 Å². The predicted octanol–water partition coefficient (Wildman–Crippen LogP) is 6.67. The Hall–Kier alpha value is -6.80. The number of aromatic nitrogens is 2. The van der Waals surface area contributed by atoms with Crippen molar-refractivity contribution in [2.75, 3.05) is 26.3 Å². The molecular formula is C49H54Cl2N6O12. The summed E-state index contributed by atoms with van der Waals surface area (Å²) in [7, 11) is 0. The van der Waals surface area contributed by atoms with Crippen LogP contribution in [0.15, 0.2) is 128 Å². The predicted molar refractivity (Wildman–Crippen MR) is 257 cm³/mol. The first-order chi connectivity index (χ1) is 33.2. The fraction of sp³-hybridized carbons (Fsp3) is 0.306. The number of aliphatic hydroxyl groups is 2. The van der Waals surface area contributed by atoms with Gasteiger partial charge in [0.25, 0.3) is 11.1 Å². The largest absolute Gasteiger partial charge is 0.464 e. The number of hydrazine groups is 2. The van der Waals surface area contributed by atoms with Crippen LogP contribution in [0, 0.1) is 0 Å². The van der Waals surface area contributed by atoms with Crippen molar-refractivity contribution < 1.29 is 47.9 Å². The number of nitrogens with zero attached hydrogens (tertiary/aromatic N) is 2. The van der Waals surface area contributed by atoms with Crippen molar-refractivity contribution in [3.8, 4) is 22.3 Å². The van der Waals surface area contributed by atoms with Gasteiger partial charge in [-0.2, -0.15) is 10.3 Å². The molecule has 0 aliphatic heterocycles. The van der Waals surface area contributed by atoms with Gasteiger partial charge in [0.2, 0.25) is 11.5 Å². The molecule has 69 heavy (non-hydrogen) atoms. The second-order valence-corrected chi connectivity index (χ2v) is 16.4. The molecule has 6 N–H and O–H groups in total. The van der Waals surface area contributed by atoms with Gasteiger partial charge in [-0.1, -0.05) is 129 Å². The fourth-order valence-electron chi connectivity index (χ4n) is 6.65. The number of aromatic amines is 2. The number of carbonyl (C=O) groups excluding carboxylic acids is 4. The summed E-state index contributed by atoms with van der Waals surface area (Å²) in [6.45, 7) is 3.94. The van der Waals surface area contributed by atoms with Gasteiger partial charge < -0.3 is 28.7 Å². The number of ether oxygens (including phenoxy) is 2. The summed E-state index contributed by atoms with van der Waals surface area (Å²) in [5.41, 5.74) is 9.41. The molecule has 0 bridgehead atoms. The monoisotopic (exact) mass is 988 g/mol. The molecule has 2 heterocycles. The van der Waals surface area contributed by atoms with Crippen molar-refractivity contribution in [1.29, 1.82) is 0 Å². The highest BCUT2D eigenvalue weighted by molar-refractivity contribution is 6.31. The zero-order valence-corrected chi connectivity index (χ0v) is 39.5. The zero-order valence-electron chi connectivity index (χ0n) is 38.0. The third-order valence-corrected chi connectivity index (χ3v) is 10.6. The van der Waals surface area contributed by atoms with E-state index in [0.29, 0.717) is 10.0 Å². The molecule has 0 saturated heterocycles. The molecule has 366 valence electrons. The molecule has 0 aliphatic rings. The third kappa shape index (κ3) is 17.7. The van der Waals surface area contributed by atoms with Crippen LogP contribution in [0.5, 0.6) is 0 Å². The summed E-state index contributed by atoms with van der Waals surface area (Å²) in [6, 6.07) is 32.0. The molecule has 0 radical (unpaired) electrons. The number of unbranched alkanes of at least 4 members (excludes halogenated alkanes) is 4. The highest BCUT2D eigenvalue weighted by Gasteiger charge is 2.25. The lowest BCUT2D eigenvalue weighted by Gasteiger charge is -2.24. The molecule has 2 aromatic heterocycles. The Balaban J connectivity index is 0.000000260. The van der Waals surface area contributed by atoms with Gasteiger partial charge in [-0.05, 0) is 71.0 Å². The summed E-state index contributed by atoms with van der Waals surface area (Å²) in [4.78, 5) is 71.7. The fourth-order valence-corrected chi connectivity index (χ4v) is 7.03. The molecule has 20 heteroatoms. The number of halogens is 2. The maximum atomic E-state index is 12.6. The maximum Gasteiger partial charge on any atom is 0.336 e. The first-order valence-electron chi connectivity index (χ1n) is 22.1. The Morgan fingerprint density at radius 2 is 1.03 bits per heavy atom. The second-order valence-electron chi connectivity index (χ2n) is 15.6. The molecule has 6 rings (SSSR count). The first kappa shape index (κ1) is 53.2. The number of hydrogen-bond donors (Lipinski definition) is 6. The van der Waals surface area contributed by atoms with E-state index >= 15 is 0 Å². The molecule has 0 spiro atoms. The molecule has 2 amide bonds. The number of amides is 2. The van der Waals surface area contributed by atoms with Gasteiger partial charge in [-0.25, -0.2) is 19.6 Å². The Morgan fingerprint density at radius 1 is 0.594 bits per heavy atom. The first-order valence-corrected chi connectivity index (χ1v) is 22.8. The molecule has 0 fully saturated rings. The Labute approximate surface area is 407 Å². The normalized spacial score (nSPS) is 11.9. The number of esters is 2. The van der Waals surface area contributed by atoms with Crippen LogP contribution in [-0.2, 0) is 32.2 Å². The average molecular weight is 990 g/mol. The van der Waals surface area contributed by atoms with Crippen LogP contribution < -0.4 is 22.0 Å². The van der Waals surface area contributed by atoms with Crippen molar-refractivity contribution in [2.45, 2.75) is 71.2 Å². The summed E-state index contributed by atoms with van der Waals surface area (Å²) >= 11 is 12.1. The second kappa shape index (κ2) is 27.3. The van der Waals surface area contributed by atoms with E-state index in [1.54, 1.807) is 19.1 Å². The van der Waals surface area contributed by atoms with Crippen LogP contribution in [0.1, 0.15) is 78.2 Å². The molecular weight excluding hydrogens is 935 g/mol. The van der Waals surface area contributed by atoms with Gasteiger partial charge >= 0.3 is 23.8 Å². The Morgan fingerprint density at radius 3 is 1.42 bits per heavy atom. The standard InChI is InChI=1S/C27H32ClN3O6.C22H22ClN3O6/c1-2-3-4-5-6-14-36-27(35)23(32)18-31(29-26(34)24-16-25(33)30-37-24)17-19-10-12-20(13-11-19)21-8-7-9-22(28)15-21;1-2-31-22(30)18(27)13-26(24-21(29)19-11-20(28)25-32-19)12-14-6-8-15(9-7-14)16-4-3-5-17(23)10-16/h7-13,15-16,23,32H,2-6,14,17-18H2,1H3,(H,29,34)(H,30,33);3-11,18,27H,2,12-13H2,1H3,(H,24,29)(H,25,28)/t23-;18-/m11/s1. The quantitative estimate of drug-likeness (QED) is 0.0223. The smallest absolute Gasteiger partial charge is 0.336 e. The van der Waals surface area contributed by atoms with Crippen LogP contribution in [-0.4, -0.2) is 92.8 Å². The van der Waals surface area contributed by atoms with Crippen LogP contribution in [0.2, 0.25) is 10.0 Å². The van der Waals surface area contributed by atoms with Crippen molar-refractivity contribution in [3.05, 3.63) is 163 Å². The molecule has 0 aliphatic carbocycles. The number of benzene rings is 4. The minimum absolute atomic E-state index is 0.113. The minimum atomic E-state index is -1.49. The van der Waals surface area contributed by atoms with Crippen LogP contribution in [0.25, 0.3) is 22.3 Å². The number of nitrogens with one attached hydrogen (secondary N) is 4. The van der Waals surface area contributed by atoms with Gasteiger partial charge in [0.05, 0.1) is 38.4 Å². The molecule has 18 nitrogen and oxygen atoms in total. The van der Waals surface area contributed by atoms with Gasteiger partial charge in [-0.3, -0.25) is 30.0 Å². The highest BCUT2D eigenvalue weighted by atomic mass is 35.5. The van der Waals surface area contributed by atoms with E-state index in [1.807, 2.05) is 90.1 Å². The minimum Gasteiger partial charge on any atom is -0.464 e. The van der Waals surface area contributed by atoms with Gasteiger partial charge in [-0.15, -0.1) is 0 Å². The average Bonchev–Trinajstić information content (AvgIpc) is 3.98. The number of hydrogen-bond acceptors (Lipinski definition) is 14. The number of aliphatic hydroxyl groups excluding tert-OH is 2. The summed E-state index contributed by atoms with van der Waals surface area (Å²) in [6.07, 6.45) is 2.03. The summed E-state index contributed by atoms with van der Waals surface area (Å²) < 4.78 is 19.7. The summed E-state index contributed by atoms with van der Waals surface area (Å²) in [5.74, 6) is -3.45. The van der Waals surface area contributed by atoms with Crippen molar-refractivity contribution >= 4 is 47.0 Å². The van der Waals surface area contributed by atoms with Gasteiger partial charge in [0.15, 0.2) is 12.2 Å². The van der Waals surface area contributed by atoms with Crippen molar-refractivity contribution in [3.63, 3.8) is 0 Å². The van der Waals surface area contributed by atoms with E-state index in [0.717, 1.165) is 77.6 Å². The Bertz CT molecular complexity index is 2700. The Kier molecular flexibility index (Phi) is 21.0. The lowest BCUT2D eigenvalue weighted by molar-refractivity contribution is -0.155. The highest BCUT2D eigenvalue weighted by Crippen LogP contribution is 2.25. The zero-order chi connectivity index (χ0) is 49.7. The lowest BCUT2D eigenvalue weighted by Crippen LogP contribution is -2.47.